The third kappa shape index (κ3) is 2.06. The summed E-state index contributed by atoms with van der Waals surface area (Å²) in [5.74, 6) is 0.213. The molecule has 3 heteroatoms. The number of ether oxygens (including phenoxy) is 1. The molecule has 0 amide bonds. The SMILES string of the molecule is CCC(C)c1cc(C(=O)OC)c(C)n1C. The third-order valence-corrected chi connectivity index (χ3v) is 3.10. The van der Waals surface area contributed by atoms with Crippen LogP contribution < -0.4 is 0 Å². The van der Waals surface area contributed by atoms with E-state index in [9.17, 15) is 4.79 Å². The zero-order valence-corrected chi connectivity index (χ0v) is 10.1. The molecule has 0 aliphatic rings. The number of esters is 1. The number of hydrogen-bond donors (Lipinski definition) is 0. The molecule has 1 aromatic rings. The number of nitrogens with zero attached hydrogens (tertiary/aromatic N) is 1. The molecule has 1 aromatic heterocycles. The number of carbonyl (C=O) groups is 1. The monoisotopic (exact) mass is 209 g/mol. The topological polar surface area (TPSA) is 31.2 Å². The second-order valence-electron chi connectivity index (χ2n) is 3.93. The molecule has 1 atom stereocenters. The van der Waals surface area contributed by atoms with Crippen molar-refractivity contribution in [2.24, 2.45) is 7.05 Å². The van der Waals surface area contributed by atoms with Gasteiger partial charge in [-0.25, -0.2) is 4.79 Å². The lowest BCUT2D eigenvalue weighted by atomic mass is 10.0. The summed E-state index contributed by atoms with van der Waals surface area (Å²) in [6.45, 7) is 6.25. The van der Waals surface area contributed by atoms with Crippen molar-refractivity contribution in [1.82, 2.24) is 4.57 Å². The lowest BCUT2D eigenvalue weighted by Gasteiger charge is -2.10. The van der Waals surface area contributed by atoms with Crippen LogP contribution in [0.25, 0.3) is 0 Å². The number of methoxy groups -OCH3 is 1. The van der Waals surface area contributed by atoms with Gasteiger partial charge < -0.3 is 9.30 Å². The summed E-state index contributed by atoms with van der Waals surface area (Å²) in [7, 11) is 3.40. The predicted molar refractivity (Wildman–Crippen MR) is 60.2 cm³/mol. The Hall–Kier alpha value is -1.25. The Morgan fingerprint density at radius 3 is 2.67 bits per heavy atom. The van der Waals surface area contributed by atoms with Crippen LogP contribution in [0.5, 0.6) is 0 Å². The van der Waals surface area contributed by atoms with Crippen molar-refractivity contribution in [2.45, 2.75) is 33.1 Å². The predicted octanol–water partition coefficient (Wildman–Crippen LogP) is 2.63. The third-order valence-electron chi connectivity index (χ3n) is 3.10. The Kier molecular flexibility index (Phi) is 3.56. The van der Waals surface area contributed by atoms with Gasteiger partial charge in [0.15, 0.2) is 0 Å². The van der Waals surface area contributed by atoms with Gasteiger partial charge in [-0.1, -0.05) is 13.8 Å². The van der Waals surface area contributed by atoms with Crippen LogP contribution in [-0.2, 0) is 11.8 Å². The molecule has 1 unspecified atom stereocenters. The molecule has 0 bridgehead atoms. The van der Waals surface area contributed by atoms with Crippen LogP contribution in [0.3, 0.4) is 0 Å². The van der Waals surface area contributed by atoms with Crippen LogP contribution in [0.4, 0.5) is 0 Å². The Labute approximate surface area is 91.0 Å². The number of hydrogen-bond acceptors (Lipinski definition) is 2. The molecule has 1 heterocycles. The van der Waals surface area contributed by atoms with Crippen LogP contribution in [-0.4, -0.2) is 17.6 Å². The first kappa shape index (κ1) is 11.8. The number of rotatable bonds is 3. The van der Waals surface area contributed by atoms with E-state index in [1.54, 1.807) is 0 Å². The van der Waals surface area contributed by atoms with E-state index >= 15 is 0 Å². The largest absolute Gasteiger partial charge is 0.465 e. The van der Waals surface area contributed by atoms with Crippen molar-refractivity contribution in [2.75, 3.05) is 7.11 Å². The van der Waals surface area contributed by atoms with Gasteiger partial charge in [0.2, 0.25) is 0 Å². The Morgan fingerprint density at radius 2 is 2.20 bits per heavy atom. The van der Waals surface area contributed by atoms with Gasteiger partial charge in [-0.3, -0.25) is 0 Å². The molecule has 15 heavy (non-hydrogen) atoms. The summed E-state index contributed by atoms with van der Waals surface area (Å²) in [4.78, 5) is 11.5. The minimum Gasteiger partial charge on any atom is -0.465 e. The minimum atomic E-state index is -0.252. The standard InChI is InChI=1S/C12H19NO2/c1-6-8(2)11-7-10(12(14)15-5)9(3)13(11)4/h7-8H,6H2,1-5H3. The first-order chi connectivity index (χ1) is 7.02. The molecule has 0 saturated carbocycles. The fourth-order valence-corrected chi connectivity index (χ4v) is 1.72. The molecule has 84 valence electrons. The first-order valence-corrected chi connectivity index (χ1v) is 5.27. The summed E-state index contributed by atoms with van der Waals surface area (Å²) in [6, 6.07) is 1.94. The minimum absolute atomic E-state index is 0.252. The van der Waals surface area contributed by atoms with Gasteiger partial charge in [-0.05, 0) is 25.3 Å². The first-order valence-electron chi connectivity index (χ1n) is 5.27. The highest BCUT2D eigenvalue weighted by atomic mass is 16.5. The van der Waals surface area contributed by atoms with Crippen LogP contribution in [0.1, 0.15) is 47.9 Å². The lowest BCUT2D eigenvalue weighted by molar-refractivity contribution is 0.0600. The molecule has 0 aliphatic carbocycles. The van der Waals surface area contributed by atoms with Crippen LogP contribution in [0.15, 0.2) is 6.07 Å². The molecule has 0 spiro atoms. The molecule has 0 saturated heterocycles. The van der Waals surface area contributed by atoms with E-state index in [-0.39, 0.29) is 5.97 Å². The molecule has 3 nitrogen and oxygen atoms in total. The van der Waals surface area contributed by atoms with Crippen molar-refractivity contribution in [3.8, 4) is 0 Å². The van der Waals surface area contributed by atoms with Gasteiger partial charge in [0.05, 0.1) is 12.7 Å². The van der Waals surface area contributed by atoms with E-state index in [1.165, 1.54) is 12.8 Å². The maximum Gasteiger partial charge on any atom is 0.339 e. The van der Waals surface area contributed by atoms with E-state index in [1.807, 2.05) is 20.0 Å². The molecule has 0 aromatic carbocycles. The van der Waals surface area contributed by atoms with Crippen molar-refractivity contribution >= 4 is 5.97 Å². The average Bonchev–Trinajstić information content (AvgIpc) is 2.54. The van der Waals surface area contributed by atoms with Crippen molar-refractivity contribution in [3.05, 3.63) is 23.0 Å². The van der Waals surface area contributed by atoms with E-state index in [4.69, 9.17) is 4.74 Å². The zero-order valence-electron chi connectivity index (χ0n) is 10.1. The lowest BCUT2D eigenvalue weighted by Crippen LogP contribution is -2.04. The molecular weight excluding hydrogens is 190 g/mol. The van der Waals surface area contributed by atoms with E-state index in [2.05, 4.69) is 18.4 Å². The summed E-state index contributed by atoms with van der Waals surface area (Å²) in [5.41, 5.74) is 2.84. The van der Waals surface area contributed by atoms with E-state index in [0.717, 1.165) is 12.1 Å². The van der Waals surface area contributed by atoms with Gasteiger partial charge in [0.25, 0.3) is 0 Å². The van der Waals surface area contributed by atoms with Gasteiger partial charge >= 0.3 is 5.97 Å². The average molecular weight is 209 g/mol. The van der Waals surface area contributed by atoms with E-state index in [0.29, 0.717) is 11.5 Å². The van der Waals surface area contributed by atoms with Crippen LogP contribution >= 0.6 is 0 Å². The zero-order chi connectivity index (χ0) is 11.6. The van der Waals surface area contributed by atoms with Crippen LogP contribution in [0.2, 0.25) is 0 Å². The molecule has 0 fully saturated rings. The summed E-state index contributed by atoms with van der Waals surface area (Å²) in [6.07, 6.45) is 1.07. The summed E-state index contributed by atoms with van der Waals surface area (Å²) < 4.78 is 6.82. The fraction of sp³-hybridized carbons (Fsp3) is 0.583. The summed E-state index contributed by atoms with van der Waals surface area (Å²) in [5, 5.41) is 0. The highest BCUT2D eigenvalue weighted by molar-refractivity contribution is 5.91. The molecule has 0 N–H and O–H groups in total. The van der Waals surface area contributed by atoms with Crippen LogP contribution in [0, 0.1) is 6.92 Å². The van der Waals surface area contributed by atoms with Crippen molar-refractivity contribution in [3.63, 3.8) is 0 Å². The maximum atomic E-state index is 11.5. The number of carbonyl (C=O) groups excluding carboxylic acids is 1. The summed E-state index contributed by atoms with van der Waals surface area (Å²) >= 11 is 0. The molecule has 0 aliphatic heterocycles. The smallest absolute Gasteiger partial charge is 0.339 e. The second-order valence-corrected chi connectivity index (χ2v) is 3.93. The highest BCUT2D eigenvalue weighted by Gasteiger charge is 2.18. The Bertz CT molecular complexity index is 366. The van der Waals surface area contributed by atoms with Crippen molar-refractivity contribution in [1.29, 1.82) is 0 Å². The van der Waals surface area contributed by atoms with E-state index < -0.39 is 0 Å². The normalized spacial score (nSPS) is 12.6. The molecular formula is C12H19NO2. The van der Waals surface area contributed by atoms with Crippen molar-refractivity contribution < 1.29 is 9.53 Å². The quantitative estimate of drug-likeness (QED) is 0.716. The molecule has 0 radical (unpaired) electrons. The van der Waals surface area contributed by atoms with Gasteiger partial charge in [-0.2, -0.15) is 0 Å². The second kappa shape index (κ2) is 4.51. The molecule has 1 rings (SSSR count). The number of aromatic nitrogens is 1. The highest BCUT2D eigenvalue weighted by Crippen LogP contribution is 2.24. The van der Waals surface area contributed by atoms with Gasteiger partial charge in [0.1, 0.15) is 0 Å². The van der Waals surface area contributed by atoms with Gasteiger partial charge in [-0.15, -0.1) is 0 Å². The maximum absolute atomic E-state index is 11.5. The fourth-order valence-electron chi connectivity index (χ4n) is 1.72. The van der Waals surface area contributed by atoms with Gasteiger partial charge in [0, 0.05) is 18.4 Å². The Morgan fingerprint density at radius 1 is 1.60 bits per heavy atom. The Balaban J connectivity index is 3.18.